The van der Waals surface area contributed by atoms with E-state index >= 15 is 0 Å². The fraction of sp³-hybridized carbons (Fsp3) is 0.489. The fourth-order valence-electron chi connectivity index (χ4n) is 9.88. The molecule has 1 unspecified atom stereocenters. The molecule has 4 amide bonds. The van der Waals surface area contributed by atoms with Gasteiger partial charge in [0.1, 0.15) is 29.5 Å². The molecule has 0 radical (unpaired) electrons. The van der Waals surface area contributed by atoms with Gasteiger partial charge in [0.25, 0.3) is 0 Å². The lowest BCUT2D eigenvalue weighted by molar-refractivity contribution is -0.274. The van der Waals surface area contributed by atoms with Crippen LogP contribution in [0.25, 0.3) is 22.1 Å². The number of carbonyl (C=O) groups is 4. The molecule has 0 aliphatic carbocycles. The topological polar surface area (TPSA) is 187 Å². The molecule has 67 heavy (non-hydrogen) atoms. The van der Waals surface area contributed by atoms with Crippen molar-refractivity contribution in [1.29, 1.82) is 0 Å². The Bertz CT molecular complexity index is 2510. The van der Waals surface area contributed by atoms with Crippen molar-refractivity contribution in [2.45, 2.75) is 109 Å². The molecule has 358 valence electrons. The van der Waals surface area contributed by atoms with Crippen LogP contribution < -0.4 is 20.3 Å². The Morgan fingerprint density at radius 2 is 1.15 bits per heavy atom. The van der Waals surface area contributed by atoms with Crippen LogP contribution in [-0.4, -0.2) is 99.5 Å². The first-order valence-corrected chi connectivity index (χ1v) is 22.9. The molecular formula is C47H55ClF3N9O7. The molecule has 2 aromatic heterocycles. The van der Waals surface area contributed by atoms with E-state index in [1.54, 1.807) is 15.9 Å². The van der Waals surface area contributed by atoms with Crippen LogP contribution in [0.15, 0.2) is 54.6 Å². The number of nitrogens with one attached hydrogen (secondary N) is 4. The van der Waals surface area contributed by atoms with Crippen molar-refractivity contribution in [3.8, 4) is 5.75 Å². The number of H-pyrrole nitrogens is 2. The summed E-state index contributed by atoms with van der Waals surface area (Å²) in [6, 6.07) is 13.4. The first-order valence-electron chi connectivity index (χ1n) is 22.6. The highest BCUT2D eigenvalue weighted by Gasteiger charge is 2.41. The summed E-state index contributed by atoms with van der Waals surface area (Å²) in [5.74, 6) is -0.0662. The Morgan fingerprint density at radius 1 is 0.687 bits per heavy atom. The summed E-state index contributed by atoms with van der Waals surface area (Å²) >= 11 is 6.50. The van der Waals surface area contributed by atoms with E-state index in [4.69, 9.17) is 31.0 Å². The molecule has 20 heteroatoms. The van der Waals surface area contributed by atoms with Gasteiger partial charge in [-0.3, -0.25) is 9.59 Å². The highest BCUT2D eigenvalue weighted by molar-refractivity contribution is 6.32. The van der Waals surface area contributed by atoms with Crippen molar-refractivity contribution in [2.24, 2.45) is 11.8 Å². The van der Waals surface area contributed by atoms with E-state index in [9.17, 15) is 32.3 Å². The number of ether oxygens (including phenoxy) is 3. The molecule has 0 bridgehead atoms. The standard InChI is InChI=1S/C47H55ClF3N9O7/c1-24(2)39(56-45(63)65-5)43(61)58-19-7-9-36(58)41-52-30-14-11-26(21-32(30)54-41)34-16-17-35(60(34)28-13-18-38(29(48)23-28)67-47(49,50)51)27-12-15-31-33(22-27)55-42(53-31)37-10-8-20-59(37)44(62)40(25(3)4)57-46(64)66-6/h11-15,18,21-25,34-37,39-40H,7-10,16-17,19-20H2,1-6H3,(H,52,54)(H,53,55)(H,56,63)(H,57,64)/t34-,35-,36+,37+,39+,40?/m1/s1. The van der Waals surface area contributed by atoms with Crippen molar-refractivity contribution in [3.63, 3.8) is 0 Å². The molecular weight excluding hydrogens is 895 g/mol. The monoisotopic (exact) mass is 949 g/mol. The highest BCUT2D eigenvalue weighted by Crippen LogP contribution is 2.49. The second-order valence-corrected chi connectivity index (χ2v) is 18.5. The summed E-state index contributed by atoms with van der Waals surface area (Å²) in [6.45, 7) is 8.46. The molecule has 5 aromatic rings. The van der Waals surface area contributed by atoms with Crippen molar-refractivity contribution >= 4 is 63.4 Å². The lowest BCUT2D eigenvalue weighted by Crippen LogP contribution is -2.51. The lowest BCUT2D eigenvalue weighted by Gasteiger charge is -2.33. The van der Waals surface area contributed by atoms with Gasteiger partial charge in [0, 0.05) is 18.8 Å². The molecule has 0 spiro atoms. The number of hydrogen-bond donors (Lipinski definition) is 4. The summed E-state index contributed by atoms with van der Waals surface area (Å²) in [5, 5.41) is 5.17. The first kappa shape index (κ1) is 47.3. The Balaban J connectivity index is 1.10. The maximum absolute atomic E-state index is 13.8. The largest absolute Gasteiger partial charge is 0.573 e. The van der Waals surface area contributed by atoms with Gasteiger partial charge in [-0.1, -0.05) is 51.4 Å². The Labute approximate surface area is 390 Å². The Kier molecular flexibility index (Phi) is 13.5. The number of imidazole rings is 2. The van der Waals surface area contributed by atoms with Gasteiger partial charge in [-0.2, -0.15) is 0 Å². The number of amides is 4. The summed E-state index contributed by atoms with van der Waals surface area (Å²) in [4.78, 5) is 74.5. The maximum Gasteiger partial charge on any atom is 0.573 e. The number of aromatic nitrogens is 4. The van der Waals surface area contributed by atoms with Gasteiger partial charge >= 0.3 is 18.5 Å². The zero-order valence-corrected chi connectivity index (χ0v) is 38.8. The minimum Gasteiger partial charge on any atom is -0.453 e. The van der Waals surface area contributed by atoms with Crippen LogP contribution in [0.2, 0.25) is 5.02 Å². The van der Waals surface area contributed by atoms with E-state index in [0.29, 0.717) is 67.1 Å². The fourth-order valence-corrected chi connectivity index (χ4v) is 10.1. The van der Waals surface area contributed by atoms with Gasteiger partial charge in [-0.25, -0.2) is 19.6 Å². The number of halogens is 4. The summed E-state index contributed by atoms with van der Waals surface area (Å²) in [7, 11) is 2.51. The maximum atomic E-state index is 13.8. The summed E-state index contributed by atoms with van der Waals surface area (Å²) in [6.07, 6.45) is -2.08. The number of hydrogen-bond acceptors (Lipinski definition) is 10. The SMILES string of the molecule is COC(=O)NC(C(=O)N1CCC[C@H]1c1nc2cc([C@H]3CC[C@H](c4ccc5[nH]c([C@@H]6CCCN6C(=O)[C@@H](NC(=O)OC)C(C)C)nc5c4)N3c3ccc(OC(F)(F)F)c(Cl)c3)ccc2[nH]1)C(C)C. The van der Waals surface area contributed by atoms with Gasteiger partial charge in [-0.15, -0.1) is 13.2 Å². The van der Waals surface area contributed by atoms with Crippen LogP contribution in [0.3, 0.4) is 0 Å². The number of methoxy groups -OCH3 is 2. The smallest absolute Gasteiger partial charge is 0.453 e. The number of aromatic amines is 2. The number of likely N-dealkylation sites (tertiary alicyclic amines) is 2. The number of rotatable bonds is 12. The number of fused-ring (bicyclic) bond motifs is 2. The molecule has 0 saturated carbocycles. The number of anilines is 1. The summed E-state index contributed by atoms with van der Waals surface area (Å²) < 4.78 is 53.8. The predicted octanol–water partition coefficient (Wildman–Crippen LogP) is 9.16. The molecule has 4 N–H and O–H groups in total. The first-order chi connectivity index (χ1) is 31.9. The van der Waals surface area contributed by atoms with E-state index in [2.05, 4.69) is 30.2 Å². The predicted molar refractivity (Wildman–Crippen MR) is 243 cm³/mol. The van der Waals surface area contributed by atoms with Crippen LogP contribution in [0.4, 0.5) is 28.4 Å². The van der Waals surface area contributed by atoms with Crippen molar-refractivity contribution in [1.82, 2.24) is 40.4 Å². The van der Waals surface area contributed by atoms with E-state index < -0.39 is 36.4 Å². The van der Waals surface area contributed by atoms with Crippen LogP contribution in [0, 0.1) is 11.8 Å². The van der Waals surface area contributed by atoms with Crippen molar-refractivity contribution in [3.05, 3.63) is 82.4 Å². The third-order valence-electron chi connectivity index (χ3n) is 13.1. The Hall–Kier alpha value is -6.24. The summed E-state index contributed by atoms with van der Waals surface area (Å²) in [5.41, 5.74) is 5.31. The average molecular weight is 950 g/mol. The second-order valence-electron chi connectivity index (χ2n) is 18.1. The van der Waals surface area contributed by atoms with E-state index in [1.807, 2.05) is 64.1 Å². The minimum atomic E-state index is -4.93. The van der Waals surface area contributed by atoms with Crippen LogP contribution in [-0.2, 0) is 19.1 Å². The van der Waals surface area contributed by atoms with Gasteiger partial charge in [0.15, 0.2) is 0 Å². The number of benzene rings is 3. The van der Waals surface area contributed by atoms with Crippen molar-refractivity contribution in [2.75, 3.05) is 32.2 Å². The second kappa shape index (κ2) is 19.2. The molecule has 3 aromatic carbocycles. The molecule has 5 heterocycles. The third kappa shape index (κ3) is 9.78. The molecule has 3 aliphatic heterocycles. The zero-order chi connectivity index (χ0) is 47.9. The van der Waals surface area contributed by atoms with Gasteiger partial charge in [0.05, 0.1) is 65.5 Å². The molecule has 3 fully saturated rings. The Morgan fingerprint density at radius 3 is 1.55 bits per heavy atom. The number of carbonyl (C=O) groups excluding carboxylic acids is 4. The van der Waals surface area contributed by atoms with E-state index in [1.165, 1.54) is 26.4 Å². The van der Waals surface area contributed by atoms with Crippen LogP contribution in [0.5, 0.6) is 5.75 Å². The lowest BCUT2D eigenvalue weighted by atomic mass is 10.0. The third-order valence-corrected chi connectivity index (χ3v) is 13.4. The minimum absolute atomic E-state index is 0.187. The van der Waals surface area contributed by atoms with Crippen molar-refractivity contribution < 1.29 is 46.6 Å². The molecule has 6 atom stereocenters. The quantitative estimate of drug-likeness (QED) is 0.0940. The number of alkyl halides is 3. The molecule has 16 nitrogen and oxygen atoms in total. The van der Waals surface area contributed by atoms with Crippen LogP contribution in [0.1, 0.15) is 113 Å². The van der Waals surface area contributed by atoms with Gasteiger partial charge in [0.2, 0.25) is 11.8 Å². The molecule has 3 saturated heterocycles. The number of nitrogens with zero attached hydrogens (tertiary/aromatic N) is 5. The molecule has 3 aliphatic rings. The zero-order valence-electron chi connectivity index (χ0n) is 38.1. The van der Waals surface area contributed by atoms with Gasteiger partial charge in [-0.05, 0) is 104 Å². The normalized spacial score (nSPS) is 20.8. The van der Waals surface area contributed by atoms with E-state index in [-0.39, 0.29) is 52.8 Å². The average Bonchev–Trinajstić information content (AvgIpc) is 4.15. The highest BCUT2D eigenvalue weighted by atomic mass is 35.5. The van der Waals surface area contributed by atoms with E-state index in [0.717, 1.165) is 35.0 Å². The van der Waals surface area contributed by atoms with Gasteiger partial charge < -0.3 is 49.5 Å². The number of alkyl carbamates (subject to hydrolysis) is 2. The molecule has 8 rings (SSSR count). The van der Waals surface area contributed by atoms with Crippen LogP contribution >= 0.6 is 11.6 Å².